The van der Waals surface area contributed by atoms with Gasteiger partial charge in [0.25, 0.3) is 0 Å². The molecule has 0 spiro atoms. The van der Waals surface area contributed by atoms with Crippen LogP contribution in [0.15, 0.2) is 116 Å². The zero-order valence-electron chi connectivity index (χ0n) is 23.7. The van der Waals surface area contributed by atoms with Crippen LogP contribution in [0, 0.1) is 5.41 Å². The lowest BCUT2D eigenvalue weighted by atomic mass is 9.72. The van der Waals surface area contributed by atoms with E-state index in [1.54, 1.807) is 6.08 Å². The Hall–Kier alpha value is -5.22. The third-order valence-electron chi connectivity index (χ3n) is 9.29. The summed E-state index contributed by atoms with van der Waals surface area (Å²) in [4.78, 5) is 4.45. The molecule has 4 heteroatoms. The summed E-state index contributed by atoms with van der Waals surface area (Å²) < 4.78 is 4.58. The first kappa shape index (κ1) is 24.6. The van der Waals surface area contributed by atoms with Crippen molar-refractivity contribution in [1.82, 2.24) is 14.1 Å². The zero-order valence-corrected chi connectivity index (χ0v) is 23.7. The van der Waals surface area contributed by atoms with Crippen molar-refractivity contribution in [3.63, 3.8) is 0 Å². The average Bonchev–Trinajstić information content (AvgIpc) is 3.53. The number of hydrogen-bond acceptors (Lipinski definition) is 2. The van der Waals surface area contributed by atoms with Crippen molar-refractivity contribution in [1.29, 1.82) is 5.41 Å². The molecule has 7 aromatic rings. The van der Waals surface area contributed by atoms with Gasteiger partial charge in [-0.05, 0) is 94.8 Å². The first-order chi connectivity index (χ1) is 20.6. The van der Waals surface area contributed by atoms with Crippen LogP contribution in [-0.4, -0.2) is 20.3 Å². The van der Waals surface area contributed by atoms with Gasteiger partial charge in [-0.2, -0.15) is 0 Å². The Morgan fingerprint density at radius 2 is 1.36 bits per heavy atom. The first-order valence-corrected chi connectivity index (χ1v) is 14.5. The average molecular weight is 543 g/mol. The van der Waals surface area contributed by atoms with E-state index in [-0.39, 0.29) is 0 Å². The summed E-state index contributed by atoms with van der Waals surface area (Å²) in [6.07, 6.45) is 8.71. The molecule has 202 valence electrons. The van der Waals surface area contributed by atoms with Crippen LogP contribution in [0.4, 0.5) is 0 Å². The highest BCUT2D eigenvalue weighted by Gasteiger charge is 2.31. The Morgan fingerprint density at radius 1 is 0.738 bits per heavy atom. The molecule has 0 bridgehead atoms. The predicted octanol–water partition coefficient (Wildman–Crippen LogP) is 9.85. The second-order valence-electron chi connectivity index (χ2n) is 11.4. The normalized spacial score (nSPS) is 16.4. The molecule has 3 aromatic heterocycles. The van der Waals surface area contributed by atoms with E-state index < -0.39 is 0 Å². The molecule has 1 N–H and O–H groups in total. The van der Waals surface area contributed by atoms with Crippen LogP contribution >= 0.6 is 0 Å². The number of pyridine rings is 1. The van der Waals surface area contributed by atoms with Gasteiger partial charge in [-0.3, -0.25) is 4.98 Å². The molecule has 0 fully saturated rings. The zero-order chi connectivity index (χ0) is 28.5. The minimum Gasteiger partial charge on any atom is -0.310 e. The van der Waals surface area contributed by atoms with Gasteiger partial charge in [-0.1, -0.05) is 56.8 Å². The highest BCUT2D eigenvalue weighted by atomic mass is 15.0. The van der Waals surface area contributed by atoms with Crippen molar-refractivity contribution in [2.24, 2.45) is 0 Å². The van der Waals surface area contributed by atoms with E-state index in [0.29, 0.717) is 11.8 Å². The highest BCUT2D eigenvalue weighted by Crippen LogP contribution is 2.51. The van der Waals surface area contributed by atoms with Gasteiger partial charge >= 0.3 is 0 Å². The van der Waals surface area contributed by atoms with Crippen LogP contribution in [0.1, 0.15) is 36.8 Å². The standard InChI is InChI=1S/C38H30N4/c1-23(10-8-16-39)41-35-14-6-4-12-27(35)33-18-29-24(2)25(3)30-19-34-28-13-5-7-15-36(28)42(26-11-9-17-40-22-26)38(34)21-32(30)31(29)20-37(33)41/h4-22,24-25,39H,1H2,2-3H3/b10-8-,39-16?. The number of benzene rings is 4. The maximum absolute atomic E-state index is 7.51. The van der Waals surface area contributed by atoms with Gasteiger partial charge in [-0.25, -0.2) is 0 Å². The Bertz CT molecular complexity index is 2260. The van der Waals surface area contributed by atoms with E-state index in [0.717, 1.165) is 22.4 Å². The van der Waals surface area contributed by atoms with Crippen molar-refractivity contribution < 1.29 is 0 Å². The number of aromatic nitrogens is 3. The summed E-state index contributed by atoms with van der Waals surface area (Å²) in [5, 5.41) is 12.5. The molecule has 2 atom stereocenters. The molecule has 8 rings (SSSR count). The lowest BCUT2D eigenvalue weighted by molar-refractivity contribution is 0.617. The molecule has 0 radical (unpaired) electrons. The number of rotatable bonds is 4. The monoisotopic (exact) mass is 542 g/mol. The lowest BCUT2D eigenvalue weighted by Crippen LogP contribution is -2.13. The topological polar surface area (TPSA) is 46.6 Å². The number of hydrogen-bond donors (Lipinski definition) is 1. The van der Waals surface area contributed by atoms with Crippen molar-refractivity contribution in [3.8, 4) is 16.8 Å². The molecule has 1 aliphatic carbocycles. The molecular weight excluding hydrogens is 512 g/mol. The number of nitrogens with zero attached hydrogens (tertiary/aromatic N) is 3. The molecule has 0 saturated carbocycles. The SMILES string of the molecule is C=C(/C=C\C=N)n1c2ccccc2c2cc3c(cc21)-c1cc2c(cc1C(C)C3C)c1ccccc1n2-c1cccnc1. The number of allylic oxidation sites excluding steroid dienone is 3. The van der Waals surface area contributed by atoms with E-state index >= 15 is 0 Å². The molecule has 42 heavy (non-hydrogen) atoms. The van der Waals surface area contributed by atoms with E-state index in [4.69, 9.17) is 5.41 Å². The molecule has 4 nitrogen and oxygen atoms in total. The number of para-hydroxylation sites is 2. The summed E-state index contributed by atoms with van der Waals surface area (Å²) in [5.41, 5.74) is 11.9. The van der Waals surface area contributed by atoms with Crippen molar-refractivity contribution >= 4 is 55.5 Å². The van der Waals surface area contributed by atoms with Gasteiger partial charge in [0.15, 0.2) is 0 Å². The molecule has 1 aliphatic rings. The van der Waals surface area contributed by atoms with Gasteiger partial charge in [-0.15, -0.1) is 0 Å². The summed E-state index contributed by atoms with van der Waals surface area (Å²) in [6, 6.07) is 31.0. The maximum atomic E-state index is 7.51. The summed E-state index contributed by atoms with van der Waals surface area (Å²) in [6.45, 7) is 9.13. The number of nitrogens with one attached hydrogen (secondary N) is 1. The van der Waals surface area contributed by atoms with Gasteiger partial charge in [0, 0.05) is 39.7 Å². The van der Waals surface area contributed by atoms with Crippen molar-refractivity contribution in [2.45, 2.75) is 25.7 Å². The smallest absolute Gasteiger partial charge is 0.0645 e. The highest BCUT2D eigenvalue weighted by molar-refractivity contribution is 6.14. The van der Waals surface area contributed by atoms with Gasteiger partial charge in [0.1, 0.15) is 0 Å². The Morgan fingerprint density at radius 3 is 2.02 bits per heavy atom. The molecule has 2 unspecified atom stereocenters. The fourth-order valence-electron chi connectivity index (χ4n) is 7.13. The minimum atomic E-state index is 0.365. The van der Waals surface area contributed by atoms with Crippen molar-refractivity contribution in [2.75, 3.05) is 0 Å². The maximum Gasteiger partial charge on any atom is 0.0645 e. The Labute approximate surface area is 244 Å². The molecule has 4 aromatic carbocycles. The summed E-state index contributed by atoms with van der Waals surface area (Å²) in [7, 11) is 0. The summed E-state index contributed by atoms with van der Waals surface area (Å²) >= 11 is 0. The van der Waals surface area contributed by atoms with Gasteiger partial charge in [0.05, 0.1) is 34.0 Å². The number of fused-ring (bicyclic) bond motifs is 9. The van der Waals surface area contributed by atoms with Crippen LogP contribution in [0.3, 0.4) is 0 Å². The van der Waals surface area contributed by atoms with Gasteiger partial charge in [0.2, 0.25) is 0 Å². The van der Waals surface area contributed by atoms with E-state index in [2.05, 4.69) is 113 Å². The second kappa shape index (κ2) is 9.15. The Kier molecular flexibility index (Phi) is 5.35. The van der Waals surface area contributed by atoms with Crippen molar-refractivity contribution in [3.05, 3.63) is 127 Å². The Balaban J connectivity index is 1.48. The summed E-state index contributed by atoms with van der Waals surface area (Å²) in [5.74, 6) is 0.734. The molecule has 3 heterocycles. The molecule has 0 saturated heterocycles. The fraction of sp³-hybridized carbons (Fsp3) is 0.105. The third-order valence-corrected chi connectivity index (χ3v) is 9.29. The van der Waals surface area contributed by atoms with Gasteiger partial charge < -0.3 is 14.5 Å². The van der Waals surface area contributed by atoms with Crippen LogP contribution in [0.5, 0.6) is 0 Å². The molecule has 0 aliphatic heterocycles. The molecular formula is C38H30N4. The van der Waals surface area contributed by atoms with E-state index in [9.17, 15) is 0 Å². The van der Waals surface area contributed by atoms with Crippen LogP contribution in [0.25, 0.3) is 66.1 Å². The minimum absolute atomic E-state index is 0.365. The van der Waals surface area contributed by atoms with Crippen LogP contribution < -0.4 is 0 Å². The first-order valence-electron chi connectivity index (χ1n) is 14.5. The predicted molar refractivity (Wildman–Crippen MR) is 177 cm³/mol. The quantitative estimate of drug-likeness (QED) is 0.175. The van der Waals surface area contributed by atoms with E-state index in [1.807, 2.05) is 24.5 Å². The van der Waals surface area contributed by atoms with Crippen LogP contribution in [0.2, 0.25) is 0 Å². The lowest BCUT2D eigenvalue weighted by Gasteiger charge is -2.32. The second-order valence-corrected chi connectivity index (χ2v) is 11.4. The van der Waals surface area contributed by atoms with Crippen LogP contribution in [-0.2, 0) is 0 Å². The van der Waals surface area contributed by atoms with E-state index in [1.165, 1.54) is 61.0 Å². The fourth-order valence-corrected chi connectivity index (χ4v) is 7.13. The largest absolute Gasteiger partial charge is 0.310 e. The third kappa shape index (κ3) is 3.35. The molecule has 0 amide bonds.